The van der Waals surface area contributed by atoms with Crippen molar-refractivity contribution < 1.29 is 29.0 Å². The molecule has 2 aromatic heterocycles. The number of aliphatic hydroxyl groups is 1. The number of aromatic nitrogens is 2. The van der Waals surface area contributed by atoms with E-state index in [0.717, 1.165) is 11.3 Å². The topological polar surface area (TPSA) is 126 Å². The third-order valence-corrected chi connectivity index (χ3v) is 6.15. The van der Waals surface area contributed by atoms with Crippen molar-refractivity contribution in [2.24, 2.45) is 0 Å². The number of para-hydroxylation sites is 1. The number of anilines is 1. The summed E-state index contributed by atoms with van der Waals surface area (Å²) >= 11 is 1.14. The molecular weight excluding hydrogens is 446 g/mol. The number of Topliss-reactive ketones (excluding diaryl/α,β-unsaturated/α-hetero) is 1. The molecule has 10 heteroatoms. The molecule has 0 bridgehead atoms. The van der Waals surface area contributed by atoms with Crippen LogP contribution in [0.2, 0.25) is 0 Å². The van der Waals surface area contributed by atoms with E-state index in [4.69, 9.17) is 9.15 Å². The SMILES string of the molecule is COc1cccc2cc(C(=O)C3=C(O)C(=O)N(c4nnc(C)s4)[C@@H]3c3cccc(O)c3)oc12. The van der Waals surface area contributed by atoms with Gasteiger partial charge in [0.05, 0.1) is 18.7 Å². The summed E-state index contributed by atoms with van der Waals surface area (Å²) in [6.45, 7) is 1.73. The summed E-state index contributed by atoms with van der Waals surface area (Å²) in [5, 5.41) is 30.3. The molecule has 9 nitrogen and oxygen atoms in total. The molecule has 1 atom stereocenters. The third-order valence-electron chi connectivity index (χ3n) is 5.31. The predicted octanol–water partition coefficient (Wildman–Crippen LogP) is 4.09. The molecule has 0 unspecified atom stereocenters. The van der Waals surface area contributed by atoms with Crippen molar-refractivity contribution in [1.29, 1.82) is 0 Å². The fourth-order valence-electron chi connectivity index (χ4n) is 3.87. The number of aryl methyl sites for hydroxylation is 1. The van der Waals surface area contributed by atoms with E-state index in [1.807, 2.05) is 0 Å². The summed E-state index contributed by atoms with van der Waals surface area (Å²) < 4.78 is 11.1. The quantitative estimate of drug-likeness (QED) is 0.424. The van der Waals surface area contributed by atoms with Crippen molar-refractivity contribution in [3.8, 4) is 11.5 Å². The number of hydrogen-bond acceptors (Lipinski definition) is 9. The van der Waals surface area contributed by atoms with Gasteiger partial charge >= 0.3 is 0 Å². The van der Waals surface area contributed by atoms with Crippen LogP contribution in [0.4, 0.5) is 5.13 Å². The van der Waals surface area contributed by atoms with E-state index in [2.05, 4.69) is 10.2 Å². The molecule has 1 aliphatic heterocycles. The van der Waals surface area contributed by atoms with Gasteiger partial charge in [-0.15, -0.1) is 10.2 Å². The highest BCUT2D eigenvalue weighted by Crippen LogP contribution is 2.44. The first kappa shape index (κ1) is 20.7. The zero-order chi connectivity index (χ0) is 23.3. The van der Waals surface area contributed by atoms with Crippen LogP contribution in [-0.2, 0) is 4.79 Å². The second-order valence-corrected chi connectivity index (χ2v) is 8.52. The summed E-state index contributed by atoms with van der Waals surface area (Å²) in [5.41, 5.74) is 0.604. The van der Waals surface area contributed by atoms with Gasteiger partial charge in [0, 0.05) is 5.39 Å². The Hall–Kier alpha value is -4.18. The van der Waals surface area contributed by atoms with Gasteiger partial charge in [0.15, 0.2) is 22.9 Å². The molecule has 0 saturated heterocycles. The largest absolute Gasteiger partial charge is 0.508 e. The number of nitrogens with zero attached hydrogens (tertiary/aromatic N) is 3. The smallest absolute Gasteiger partial charge is 0.296 e. The Labute approximate surface area is 191 Å². The Morgan fingerprint density at radius 1 is 1.15 bits per heavy atom. The van der Waals surface area contributed by atoms with Gasteiger partial charge in [-0.1, -0.05) is 35.6 Å². The number of carbonyl (C=O) groups excluding carboxylic acids is 2. The number of phenolic OH excluding ortho intramolecular Hbond substituents is 1. The number of ketones is 1. The van der Waals surface area contributed by atoms with Crippen LogP contribution >= 0.6 is 11.3 Å². The van der Waals surface area contributed by atoms with Crippen LogP contribution < -0.4 is 9.64 Å². The number of carbonyl (C=O) groups is 2. The van der Waals surface area contributed by atoms with E-state index >= 15 is 0 Å². The molecule has 2 aromatic carbocycles. The van der Waals surface area contributed by atoms with E-state index < -0.39 is 23.5 Å². The van der Waals surface area contributed by atoms with Crippen LogP contribution in [0.15, 0.2) is 64.3 Å². The van der Waals surface area contributed by atoms with E-state index in [1.165, 1.54) is 30.2 Å². The lowest BCUT2D eigenvalue weighted by Gasteiger charge is -2.23. The molecular formula is C23H17N3O6S. The Morgan fingerprint density at radius 2 is 1.94 bits per heavy atom. The van der Waals surface area contributed by atoms with Crippen LogP contribution in [0.1, 0.15) is 27.2 Å². The first-order chi connectivity index (χ1) is 15.9. The number of rotatable bonds is 5. The fourth-order valence-corrected chi connectivity index (χ4v) is 4.58. The highest BCUT2D eigenvalue weighted by Gasteiger charge is 2.46. The second kappa shape index (κ2) is 7.75. The molecule has 5 rings (SSSR count). The average Bonchev–Trinajstić information content (AvgIpc) is 3.49. The summed E-state index contributed by atoms with van der Waals surface area (Å²) in [4.78, 5) is 27.9. The molecule has 0 aliphatic carbocycles. The zero-order valence-electron chi connectivity index (χ0n) is 17.5. The maximum Gasteiger partial charge on any atom is 0.296 e. The maximum atomic E-state index is 13.6. The number of benzene rings is 2. The summed E-state index contributed by atoms with van der Waals surface area (Å²) in [7, 11) is 1.49. The van der Waals surface area contributed by atoms with Gasteiger partial charge in [-0.3, -0.25) is 14.5 Å². The van der Waals surface area contributed by atoms with Crippen molar-refractivity contribution in [2.45, 2.75) is 13.0 Å². The molecule has 0 radical (unpaired) electrons. The van der Waals surface area contributed by atoms with Crippen molar-refractivity contribution in [3.63, 3.8) is 0 Å². The number of methoxy groups -OCH3 is 1. The number of phenols is 1. The van der Waals surface area contributed by atoms with Gasteiger partial charge in [0.25, 0.3) is 5.91 Å². The molecule has 1 amide bonds. The lowest BCUT2D eigenvalue weighted by Crippen LogP contribution is -2.31. The Morgan fingerprint density at radius 3 is 2.64 bits per heavy atom. The van der Waals surface area contributed by atoms with Crippen molar-refractivity contribution in [1.82, 2.24) is 10.2 Å². The normalized spacial score (nSPS) is 16.1. The van der Waals surface area contributed by atoms with Crippen molar-refractivity contribution >= 4 is 39.1 Å². The van der Waals surface area contributed by atoms with E-state index in [0.29, 0.717) is 27.3 Å². The fraction of sp³-hybridized carbons (Fsp3) is 0.130. The summed E-state index contributed by atoms with van der Waals surface area (Å²) in [6.07, 6.45) is 0. The van der Waals surface area contributed by atoms with Crippen molar-refractivity contribution in [3.05, 3.63) is 76.2 Å². The molecule has 1 aliphatic rings. The number of hydrogen-bond donors (Lipinski definition) is 2. The van der Waals surface area contributed by atoms with Crippen LogP contribution in [0, 0.1) is 6.92 Å². The average molecular weight is 463 g/mol. The monoisotopic (exact) mass is 463 g/mol. The van der Waals surface area contributed by atoms with E-state index in [1.54, 1.807) is 37.3 Å². The molecule has 0 saturated carbocycles. The minimum atomic E-state index is -1.04. The summed E-state index contributed by atoms with van der Waals surface area (Å²) in [6, 6.07) is 11.8. The Bertz CT molecular complexity index is 1450. The molecule has 2 N–H and O–H groups in total. The van der Waals surface area contributed by atoms with E-state index in [-0.39, 0.29) is 22.2 Å². The van der Waals surface area contributed by atoms with Crippen LogP contribution in [0.25, 0.3) is 11.0 Å². The van der Waals surface area contributed by atoms with Crippen LogP contribution in [0.5, 0.6) is 11.5 Å². The number of amides is 1. The minimum Gasteiger partial charge on any atom is -0.508 e. The molecule has 0 spiro atoms. The standard InChI is InChI=1S/C23H17N3O6S/c1-11-24-25-23(33-11)26-18(12-5-3-7-14(27)9-12)17(20(29)22(26)30)19(28)16-10-13-6-4-8-15(31-2)21(13)32-16/h3-10,18,27,29H,1-2H3/t18-/m1/s1. The maximum absolute atomic E-state index is 13.6. The number of ether oxygens (including phenoxy) is 1. The first-order valence-electron chi connectivity index (χ1n) is 9.86. The van der Waals surface area contributed by atoms with Gasteiger partial charge in [-0.2, -0.15) is 0 Å². The zero-order valence-corrected chi connectivity index (χ0v) is 18.3. The predicted molar refractivity (Wildman–Crippen MR) is 120 cm³/mol. The number of aliphatic hydroxyl groups excluding tert-OH is 1. The number of furan rings is 1. The molecule has 0 fully saturated rings. The van der Waals surface area contributed by atoms with Gasteiger partial charge in [0.2, 0.25) is 10.9 Å². The van der Waals surface area contributed by atoms with Crippen molar-refractivity contribution in [2.75, 3.05) is 12.0 Å². The highest BCUT2D eigenvalue weighted by molar-refractivity contribution is 7.15. The van der Waals surface area contributed by atoms with Gasteiger partial charge < -0.3 is 19.4 Å². The van der Waals surface area contributed by atoms with Crippen LogP contribution in [0.3, 0.4) is 0 Å². The summed E-state index contributed by atoms with van der Waals surface area (Å²) in [5.74, 6) is -1.85. The highest BCUT2D eigenvalue weighted by atomic mass is 32.1. The lowest BCUT2D eigenvalue weighted by atomic mass is 9.95. The molecule has 4 aromatic rings. The first-order valence-corrected chi connectivity index (χ1v) is 10.7. The van der Waals surface area contributed by atoms with Gasteiger partial charge in [-0.05, 0) is 36.8 Å². The number of aromatic hydroxyl groups is 1. The minimum absolute atomic E-state index is 0.0556. The van der Waals surface area contributed by atoms with Crippen LogP contribution in [-0.4, -0.2) is 39.2 Å². The Kier molecular flexibility index (Phi) is 4.86. The molecule has 166 valence electrons. The molecule has 33 heavy (non-hydrogen) atoms. The molecule has 3 heterocycles. The third kappa shape index (κ3) is 3.31. The van der Waals surface area contributed by atoms with Gasteiger partial charge in [0.1, 0.15) is 10.8 Å². The van der Waals surface area contributed by atoms with Gasteiger partial charge in [-0.25, -0.2) is 0 Å². The second-order valence-electron chi connectivity index (χ2n) is 7.36. The number of fused-ring (bicyclic) bond motifs is 1. The lowest BCUT2D eigenvalue weighted by molar-refractivity contribution is -0.117. The van der Waals surface area contributed by atoms with E-state index in [9.17, 15) is 19.8 Å². The Balaban J connectivity index is 1.67.